The molecule has 0 aromatic heterocycles. The van der Waals surface area contributed by atoms with E-state index in [1.807, 2.05) is 0 Å². The molecule has 0 fully saturated rings. The standard InChI is InChI=1S/C29H51IO7/c1-2-3-4-5-6-7-8-9-28-10-12-29(13-11-28)37-27-26-36-25-24-35-23-22-34-21-20-33-19-18-32-17-16-31-15-14-30/h10-13H,2-9,14-27H2,1H3. The summed E-state index contributed by atoms with van der Waals surface area (Å²) in [5.74, 6) is 0.897. The van der Waals surface area contributed by atoms with Crippen molar-refractivity contribution in [2.45, 2.75) is 58.3 Å². The van der Waals surface area contributed by atoms with Gasteiger partial charge in [0, 0.05) is 4.43 Å². The molecule has 0 aliphatic rings. The molecular formula is C29H51IO7. The predicted molar refractivity (Wildman–Crippen MR) is 157 cm³/mol. The second-order valence-electron chi connectivity index (χ2n) is 8.73. The number of alkyl halides is 1. The minimum absolute atomic E-state index is 0.539. The van der Waals surface area contributed by atoms with Crippen LogP contribution >= 0.6 is 22.6 Å². The minimum atomic E-state index is 0.539. The van der Waals surface area contributed by atoms with Crippen LogP contribution in [0.3, 0.4) is 0 Å². The van der Waals surface area contributed by atoms with E-state index in [2.05, 4.69) is 53.8 Å². The number of benzene rings is 1. The first-order valence-electron chi connectivity index (χ1n) is 14.1. The van der Waals surface area contributed by atoms with Crippen LogP contribution in [-0.2, 0) is 34.8 Å². The summed E-state index contributed by atoms with van der Waals surface area (Å²) < 4.78 is 39.5. The average molecular weight is 639 g/mol. The summed E-state index contributed by atoms with van der Waals surface area (Å²) in [6.07, 6.45) is 10.6. The van der Waals surface area contributed by atoms with Crippen LogP contribution in [-0.4, -0.2) is 90.3 Å². The molecule has 7 nitrogen and oxygen atoms in total. The molecule has 0 aliphatic carbocycles. The fourth-order valence-electron chi connectivity index (χ4n) is 3.51. The lowest BCUT2D eigenvalue weighted by Gasteiger charge is -2.09. The minimum Gasteiger partial charge on any atom is -0.491 e. The summed E-state index contributed by atoms with van der Waals surface area (Å²) in [5.41, 5.74) is 1.39. The normalized spacial score (nSPS) is 11.3. The van der Waals surface area contributed by atoms with Gasteiger partial charge in [0.1, 0.15) is 12.4 Å². The second-order valence-corrected chi connectivity index (χ2v) is 9.81. The smallest absolute Gasteiger partial charge is 0.119 e. The van der Waals surface area contributed by atoms with E-state index in [0.29, 0.717) is 79.3 Å². The number of rotatable bonds is 29. The third-order valence-electron chi connectivity index (χ3n) is 5.57. The van der Waals surface area contributed by atoms with Crippen LogP contribution in [0.25, 0.3) is 0 Å². The van der Waals surface area contributed by atoms with Gasteiger partial charge in [-0.3, -0.25) is 0 Å². The molecule has 0 N–H and O–H groups in total. The van der Waals surface area contributed by atoms with Gasteiger partial charge in [0.2, 0.25) is 0 Å². The van der Waals surface area contributed by atoms with Crippen LogP contribution in [0.15, 0.2) is 24.3 Å². The van der Waals surface area contributed by atoms with Crippen molar-refractivity contribution < 1.29 is 33.2 Å². The third-order valence-corrected chi connectivity index (χ3v) is 6.01. The highest BCUT2D eigenvalue weighted by molar-refractivity contribution is 14.1. The molecular weight excluding hydrogens is 587 g/mol. The third kappa shape index (κ3) is 24.3. The van der Waals surface area contributed by atoms with Gasteiger partial charge in [0.25, 0.3) is 0 Å². The Morgan fingerprint density at radius 1 is 0.486 bits per heavy atom. The molecule has 1 aromatic rings. The first-order chi connectivity index (χ1) is 18.4. The SMILES string of the molecule is CCCCCCCCCc1ccc(OCCOCCOCCOCCOCCOCCOCCI)cc1. The van der Waals surface area contributed by atoms with Crippen molar-refractivity contribution in [2.24, 2.45) is 0 Å². The van der Waals surface area contributed by atoms with Crippen LogP contribution in [0.5, 0.6) is 5.75 Å². The maximum absolute atomic E-state index is 5.76. The van der Waals surface area contributed by atoms with Gasteiger partial charge in [0.05, 0.1) is 79.3 Å². The van der Waals surface area contributed by atoms with Crippen molar-refractivity contribution in [3.8, 4) is 5.75 Å². The lowest BCUT2D eigenvalue weighted by molar-refractivity contribution is -0.0171. The Labute approximate surface area is 239 Å². The van der Waals surface area contributed by atoms with Crippen LogP contribution in [0.1, 0.15) is 57.4 Å². The average Bonchev–Trinajstić information content (AvgIpc) is 2.92. The Hall–Kier alpha value is -0.490. The number of ether oxygens (including phenoxy) is 7. The van der Waals surface area contributed by atoms with E-state index in [1.165, 1.54) is 50.5 Å². The Morgan fingerprint density at radius 3 is 1.35 bits per heavy atom. The summed E-state index contributed by atoms with van der Waals surface area (Å²) in [6, 6.07) is 8.47. The second kappa shape index (κ2) is 28.5. The molecule has 0 atom stereocenters. The van der Waals surface area contributed by atoms with Crippen LogP contribution < -0.4 is 4.74 Å². The lowest BCUT2D eigenvalue weighted by atomic mass is 10.0. The largest absolute Gasteiger partial charge is 0.491 e. The Bertz CT molecular complexity index is 574. The van der Waals surface area contributed by atoms with Gasteiger partial charge in [0.15, 0.2) is 0 Å². The Kier molecular flexibility index (Phi) is 26.6. The number of aryl methyl sites for hydroxylation is 1. The highest BCUT2D eigenvalue weighted by atomic mass is 127. The number of halogens is 1. The van der Waals surface area contributed by atoms with Crippen molar-refractivity contribution >= 4 is 22.6 Å². The predicted octanol–water partition coefficient (Wildman–Crippen LogP) is 5.89. The summed E-state index contributed by atoms with van der Waals surface area (Å²) in [5, 5.41) is 0. The Balaban J connectivity index is 1.79. The van der Waals surface area contributed by atoms with Gasteiger partial charge >= 0.3 is 0 Å². The first kappa shape index (κ1) is 34.5. The maximum Gasteiger partial charge on any atom is 0.119 e. The van der Waals surface area contributed by atoms with Crippen LogP contribution in [0.2, 0.25) is 0 Å². The van der Waals surface area contributed by atoms with Gasteiger partial charge in [-0.25, -0.2) is 0 Å². The molecule has 0 saturated carbocycles. The number of hydrogen-bond donors (Lipinski definition) is 0. The van der Waals surface area contributed by atoms with Gasteiger partial charge < -0.3 is 33.2 Å². The van der Waals surface area contributed by atoms with Crippen molar-refractivity contribution in [3.63, 3.8) is 0 Å². The van der Waals surface area contributed by atoms with Crippen molar-refractivity contribution in [1.82, 2.24) is 0 Å². The summed E-state index contributed by atoms with van der Waals surface area (Å²) in [6.45, 7) is 9.82. The molecule has 1 rings (SSSR count). The molecule has 0 saturated heterocycles. The highest BCUT2D eigenvalue weighted by Crippen LogP contribution is 2.15. The molecule has 0 spiro atoms. The first-order valence-corrected chi connectivity index (χ1v) is 15.6. The zero-order valence-electron chi connectivity index (χ0n) is 23.1. The van der Waals surface area contributed by atoms with E-state index >= 15 is 0 Å². The molecule has 0 unspecified atom stereocenters. The quantitative estimate of drug-likeness (QED) is 0.0616. The zero-order valence-corrected chi connectivity index (χ0v) is 25.3. The van der Waals surface area contributed by atoms with E-state index in [0.717, 1.165) is 23.2 Å². The molecule has 0 amide bonds. The monoisotopic (exact) mass is 638 g/mol. The van der Waals surface area contributed by atoms with Crippen molar-refractivity contribution in [2.75, 3.05) is 90.3 Å². The van der Waals surface area contributed by atoms with Crippen LogP contribution in [0, 0.1) is 0 Å². The van der Waals surface area contributed by atoms with Gasteiger partial charge in [-0.05, 0) is 30.5 Å². The van der Waals surface area contributed by atoms with E-state index in [9.17, 15) is 0 Å². The highest BCUT2D eigenvalue weighted by Gasteiger charge is 1.98. The molecule has 1 aromatic carbocycles. The van der Waals surface area contributed by atoms with E-state index in [1.54, 1.807) is 0 Å². The Morgan fingerprint density at radius 2 is 0.892 bits per heavy atom. The molecule has 0 radical (unpaired) electrons. The van der Waals surface area contributed by atoms with E-state index < -0.39 is 0 Å². The summed E-state index contributed by atoms with van der Waals surface area (Å²) in [7, 11) is 0. The summed E-state index contributed by atoms with van der Waals surface area (Å²) in [4.78, 5) is 0. The summed E-state index contributed by atoms with van der Waals surface area (Å²) >= 11 is 2.29. The topological polar surface area (TPSA) is 64.6 Å². The number of unbranched alkanes of at least 4 members (excludes halogenated alkanes) is 6. The molecule has 216 valence electrons. The molecule has 37 heavy (non-hydrogen) atoms. The lowest BCUT2D eigenvalue weighted by Crippen LogP contribution is -2.14. The van der Waals surface area contributed by atoms with Crippen molar-refractivity contribution in [3.05, 3.63) is 29.8 Å². The fraction of sp³-hybridized carbons (Fsp3) is 0.793. The van der Waals surface area contributed by atoms with Gasteiger partial charge in [-0.2, -0.15) is 0 Å². The zero-order chi connectivity index (χ0) is 26.5. The van der Waals surface area contributed by atoms with Gasteiger partial charge in [-0.15, -0.1) is 0 Å². The maximum atomic E-state index is 5.76. The molecule has 0 bridgehead atoms. The van der Waals surface area contributed by atoms with E-state index in [-0.39, 0.29) is 0 Å². The molecule has 8 heteroatoms. The molecule has 0 heterocycles. The molecule has 0 aliphatic heterocycles. The van der Waals surface area contributed by atoms with E-state index in [4.69, 9.17) is 33.2 Å². The number of hydrogen-bond acceptors (Lipinski definition) is 7. The van der Waals surface area contributed by atoms with Gasteiger partial charge in [-0.1, -0.05) is 80.2 Å². The van der Waals surface area contributed by atoms with Crippen molar-refractivity contribution in [1.29, 1.82) is 0 Å². The van der Waals surface area contributed by atoms with Crippen LogP contribution in [0.4, 0.5) is 0 Å². The fourth-order valence-corrected chi connectivity index (χ4v) is 3.82.